The zero-order valence-electron chi connectivity index (χ0n) is 16.8. The van der Waals surface area contributed by atoms with Crippen molar-refractivity contribution >= 4 is 17.8 Å². The number of nitrogens with zero attached hydrogens (tertiary/aromatic N) is 1. The third kappa shape index (κ3) is 4.84. The molecule has 2 N–H and O–H groups in total. The van der Waals surface area contributed by atoms with Gasteiger partial charge in [-0.1, -0.05) is 66.2 Å². The van der Waals surface area contributed by atoms with E-state index in [9.17, 15) is 14.7 Å². The molecule has 3 rings (SSSR count). The number of rotatable bonds is 9. The van der Waals surface area contributed by atoms with Crippen LogP contribution in [0.25, 0.3) is 6.08 Å². The molecule has 0 bridgehead atoms. The van der Waals surface area contributed by atoms with Gasteiger partial charge in [0.25, 0.3) is 5.91 Å². The molecule has 1 aliphatic heterocycles. The van der Waals surface area contributed by atoms with Crippen molar-refractivity contribution in [3.8, 4) is 0 Å². The van der Waals surface area contributed by atoms with Crippen molar-refractivity contribution in [3.63, 3.8) is 0 Å². The van der Waals surface area contributed by atoms with Crippen molar-refractivity contribution in [3.05, 3.63) is 88.7 Å². The minimum atomic E-state index is -0.705. The summed E-state index contributed by atoms with van der Waals surface area (Å²) in [6.07, 6.45) is 3.04. The van der Waals surface area contributed by atoms with Gasteiger partial charge in [0.15, 0.2) is 11.5 Å². The van der Waals surface area contributed by atoms with Gasteiger partial charge in [-0.2, -0.15) is 0 Å². The minimum absolute atomic E-state index is 0.0539. The van der Waals surface area contributed by atoms with Gasteiger partial charge in [-0.3, -0.25) is 9.59 Å². The second kappa shape index (κ2) is 10.0. The molecule has 0 aromatic heterocycles. The van der Waals surface area contributed by atoms with Gasteiger partial charge in [-0.25, -0.2) is 0 Å². The van der Waals surface area contributed by atoms with Gasteiger partial charge < -0.3 is 19.8 Å². The number of benzene rings is 2. The number of hydrogen-bond donors (Lipinski definition) is 2. The first-order valence-electron chi connectivity index (χ1n) is 9.79. The lowest BCUT2D eigenvalue weighted by Crippen LogP contribution is -2.34. The average molecular weight is 407 g/mol. The van der Waals surface area contributed by atoms with Crippen LogP contribution in [-0.2, 0) is 14.3 Å². The van der Waals surface area contributed by atoms with E-state index in [4.69, 9.17) is 9.84 Å². The molecule has 2 aromatic rings. The Labute approximate surface area is 175 Å². The second-order valence-electron chi connectivity index (χ2n) is 7.02. The second-order valence-corrected chi connectivity index (χ2v) is 7.02. The van der Waals surface area contributed by atoms with Crippen molar-refractivity contribution in [2.75, 3.05) is 26.4 Å². The summed E-state index contributed by atoms with van der Waals surface area (Å²) in [5.41, 5.74) is 2.68. The zero-order valence-corrected chi connectivity index (χ0v) is 16.8. The molecule has 1 aliphatic rings. The Morgan fingerprint density at radius 1 is 1.10 bits per heavy atom. The fraction of sp³-hybridized carbons (Fsp3) is 0.250. The number of carbonyl (C=O) groups excluding carboxylic acids is 2. The molecule has 156 valence electrons. The van der Waals surface area contributed by atoms with Crippen molar-refractivity contribution in [2.45, 2.75) is 13.0 Å². The van der Waals surface area contributed by atoms with Crippen LogP contribution < -0.4 is 0 Å². The molecule has 1 amide bonds. The Kier molecular flexibility index (Phi) is 7.17. The lowest BCUT2D eigenvalue weighted by Gasteiger charge is -2.26. The number of ketones is 1. The maximum absolute atomic E-state index is 13.0. The number of aliphatic hydroxyl groups excluding tert-OH is 2. The summed E-state index contributed by atoms with van der Waals surface area (Å²) in [6.45, 7) is 2.35. The fourth-order valence-corrected chi connectivity index (χ4v) is 3.39. The highest BCUT2D eigenvalue weighted by Crippen LogP contribution is 2.37. The van der Waals surface area contributed by atoms with Crippen molar-refractivity contribution in [1.82, 2.24) is 4.90 Å². The number of aryl methyl sites for hydroxylation is 1. The highest BCUT2D eigenvalue weighted by molar-refractivity contribution is 6.14. The largest absolute Gasteiger partial charge is 0.503 e. The number of aliphatic hydroxyl groups is 2. The van der Waals surface area contributed by atoms with Crippen molar-refractivity contribution in [2.24, 2.45) is 0 Å². The van der Waals surface area contributed by atoms with Gasteiger partial charge in [0.1, 0.15) is 0 Å². The highest BCUT2D eigenvalue weighted by atomic mass is 16.5. The molecule has 0 fully saturated rings. The predicted octanol–water partition coefficient (Wildman–Crippen LogP) is 2.98. The van der Waals surface area contributed by atoms with Gasteiger partial charge in [-0.05, 0) is 24.1 Å². The Morgan fingerprint density at radius 2 is 1.80 bits per heavy atom. The van der Waals surface area contributed by atoms with Crippen LogP contribution in [0.3, 0.4) is 0 Å². The molecule has 6 nitrogen and oxygen atoms in total. The first-order valence-corrected chi connectivity index (χ1v) is 9.79. The van der Waals surface area contributed by atoms with E-state index in [0.717, 1.165) is 16.7 Å². The Balaban J connectivity index is 1.91. The Bertz CT molecular complexity index is 947. The smallest absolute Gasteiger partial charge is 0.290 e. The fourth-order valence-electron chi connectivity index (χ4n) is 3.39. The molecule has 1 heterocycles. The summed E-state index contributed by atoms with van der Waals surface area (Å²) >= 11 is 0. The van der Waals surface area contributed by atoms with E-state index in [1.807, 2.05) is 61.5 Å². The molecular formula is C24H25NO5. The number of allylic oxidation sites excluding steroid dienone is 1. The molecule has 0 saturated heterocycles. The van der Waals surface area contributed by atoms with E-state index < -0.39 is 23.5 Å². The molecular weight excluding hydrogens is 382 g/mol. The third-order valence-electron chi connectivity index (χ3n) is 4.90. The topological polar surface area (TPSA) is 87.1 Å². The molecule has 1 unspecified atom stereocenters. The van der Waals surface area contributed by atoms with Gasteiger partial charge in [0.2, 0.25) is 0 Å². The minimum Gasteiger partial charge on any atom is -0.503 e. The van der Waals surface area contributed by atoms with Crippen molar-refractivity contribution in [1.29, 1.82) is 0 Å². The van der Waals surface area contributed by atoms with Crippen LogP contribution in [0.15, 0.2) is 72.0 Å². The molecule has 30 heavy (non-hydrogen) atoms. The Hall–Kier alpha value is -3.22. The SMILES string of the molecule is Cc1ccc(C2C(C(=O)/C=C/c3ccccc3)=C(O)C(=O)N2CCOCCO)cc1. The van der Waals surface area contributed by atoms with E-state index >= 15 is 0 Å². The van der Waals surface area contributed by atoms with Crippen LogP contribution in [-0.4, -0.2) is 53.2 Å². The Morgan fingerprint density at radius 3 is 2.47 bits per heavy atom. The molecule has 0 saturated carbocycles. The van der Waals surface area contributed by atoms with Gasteiger partial charge in [-0.15, -0.1) is 0 Å². The van der Waals surface area contributed by atoms with Crippen LogP contribution in [0.5, 0.6) is 0 Å². The first-order chi connectivity index (χ1) is 14.5. The van der Waals surface area contributed by atoms with Crippen LogP contribution in [0.1, 0.15) is 22.7 Å². The van der Waals surface area contributed by atoms with Gasteiger partial charge in [0.05, 0.1) is 31.4 Å². The van der Waals surface area contributed by atoms with Crippen LogP contribution in [0, 0.1) is 6.92 Å². The average Bonchev–Trinajstić information content (AvgIpc) is 3.01. The maximum atomic E-state index is 13.0. The van der Waals surface area contributed by atoms with Gasteiger partial charge in [0, 0.05) is 6.54 Å². The highest BCUT2D eigenvalue weighted by Gasteiger charge is 2.42. The first kappa shape index (κ1) is 21.5. The number of hydrogen-bond acceptors (Lipinski definition) is 5. The van der Waals surface area contributed by atoms with Crippen LogP contribution in [0.2, 0.25) is 0 Å². The lowest BCUT2D eigenvalue weighted by atomic mass is 9.95. The number of ether oxygens (including phenoxy) is 1. The van der Waals surface area contributed by atoms with E-state index in [0.29, 0.717) is 0 Å². The predicted molar refractivity (Wildman–Crippen MR) is 114 cm³/mol. The molecule has 6 heteroatoms. The molecule has 0 aliphatic carbocycles. The summed E-state index contributed by atoms with van der Waals surface area (Å²) in [4.78, 5) is 27.2. The summed E-state index contributed by atoms with van der Waals surface area (Å²) < 4.78 is 5.29. The third-order valence-corrected chi connectivity index (χ3v) is 4.90. The summed E-state index contributed by atoms with van der Waals surface area (Å²) in [5, 5.41) is 19.4. The number of amides is 1. The van der Waals surface area contributed by atoms with Crippen LogP contribution in [0.4, 0.5) is 0 Å². The monoisotopic (exact) mass is 407 g/mol. The summed E-state index contributed by atoms with van der Waals surface area (Å²) in [5.74, 6) is -1.57. The molecule has 0 radical (unpaired) electrons. The zero-order chi connectivity index (χ0) is 21.5. The van der Waals surface area contributed by atoms with Crippen LogP contribution >= 0.6 is 0 Å². The van der Waals surface area contributed by atoms with E-state index in [2.05, 4.69) is 0 Å². The standard InChI is InChI=1S/C24H25NO5/c1-17-7-10-19(11-8-17)22-21(20(27)12-9-18-5-3-2-4-6-18)23(28)24(29)25(22)13-15-30-16-14-26/h2-12,22,26,28H,13-16H2,1H3/b12-9+. The summed E-state index contributed by atoms with van der Waals surface area (Å²) in [7, 11) is 0. The van der Waals surface area contributed by atoms with Crippen molar-refractivity contribution < 1.29 is 24.5 Å². The molecule has 0 spiro atoms. The quantitative estimate of drug-likeness (QED) is 0.493. The normalized spacial score (nSPS) is 16.7. The van der Waals surface area contributed by atoms with E-state index in [1.165, 1.54) is 11.0 Å². The molecule has 1 atom stereocenters. The summed E-state index contributed by atoms with van der Waals surface area (Å²) in [6, 6.07) is 16.1. The van der Waals surface area contributed by atoms with E-state index in [-0.39, 0.29) is 31.9 Å². The molecule has 2 aromatic carbocycles. The lowest BCUT2D eigenvalue weighted by molar-refractivity contribution is -0.130. The van der Waals surface area contributed by atoms with E-state index in [1.54, 1.807) is 6.08 Å². The maximum Gasteiger partial charge on any atom is 0.290 e. The number of carbonyl (C=O) groups is 2. The van der Waals surface area contributed by atoms with Gasteiger partial charge >= 0.3 is 0 Å².